The molecular formula is C17H23N5O. The van der Waals surface area contributed by atoms with E-state index in [2.05, 4.69) is 14.6 Å². The van der Waals surface area contributed by atoms with Crippen LogP contribution in [0.2, 0.25) is 0 Å². The molecule has 0 radical (unpaired) electrons. The maximum atomic E-state index is 13.0. The lowest BCUT2D eigenvalue weighted by Crippen LogP contribution is -2.41. The zero-order chi connectivity index (χ0) is 16.0. The van der Waals surface area contributed by atoms with Crippen LogP contribution in [0, 0.1) is 6.92 Å². The highest BCUT2D eigenvalue weighted by atomic mass is 16.2. The fourth-order valence-electron chi connectivity index (χ4n) is 3.76. The SMILES string of the molecule is Cc1nccn1[C@H]1CCCN(C(=O)c2cnn(C)c2C2CC2)C1. The van der Waals surface area contributed by atoms with Crippen molar-refractivity contribution in [2.75, 3.05) is 13.1 Å². The summed E-state index contributed by atoms with van der Waals surface area (Å²) in [6.07, 6.45) is 10.1. The lowest BCUT2D eigenvalue weighted by Gasteiger charge is -2.34. The average molecular weight is 313 g/mol. The van der Waals surface area contributed by atoms with Crippen LogP contribution in [0.25, 0.3) is 0 Å². The third kappa shape index (κ3) is 2.56. The molecule has 1 saturated carbocycles. The van der Waals surface area contributed by atoms with E-state index in [-0.39, 0.29) is 5.91 Å². The molecule has 0 aromatic carbocycles. The van der Waals surface area contributed by atoms with Crippen molar-refractivity contribution < 1.29 is 4.79 Å². The normalized spacial score (nSPS) is 21.7. The van der Waals surface area contributed by atoms with Gasteiger partial charge in [-0.2, -0.15) is 5.10 Å². The fourth-order valence-corrected chi connectivity index (χ4v) is 3.76. The molecule has 1 amide bonds. The number of imidazole rings is 1. The first kappa shape index (κ1) is 14.5. The molecule has 4 rings (SSSR count). The first-order valence-corrected chi connectivity index (χ1v) is 8.45. The van der Waals surface area contributed by atoms with Crippen molar-refractivity contribution in [1.82, 2.24) is 24.2 Å². The molecule has 1 saturated heterocycles. The lowest BCUT2D eigenvalue weighted by atomic mass is 10.0. The van der Waals surface area contributed by atoms with E-state index in [0.717, 1.165) is 43.0 Å². The number of amides is 1. The van der Waals surface area contributed by atoms with Gasteiger partial charge in [0.25, 0.3) is 5.91 Å². The van der Waals surface area contributed by atoms with E-state index in [0.29, 0.717) is 12.0 Å². The third-order valence-corrected chi connectivity index (χ3v) is 5.12. The number of likely N-dealkylation sites (tertiary alicyclic amines) is 1. The highest BCUT2D eigenvalue weighted by Gasteiger charge is 2.34. The van der Waals surface area contributed by atoms with Gasteiger partial charge in [-0.1, -0.05) is 0 Å². The Morgan fingerprint density at radius 1 is 1.30 bits per heavy atom. The smallest absolute Gasteiger partial charge is 0.257 e. The van der Waals surface area contributed by atoms with Crippen molar-refractivity contribution >= 4 is 5.91 Å². The van der Waals surface area contributed by atoms with Gasteiger partial charge in [0.05, 0.1) is 23.5 Å². The summed E-state index contributed by atoms with van der Waals surface area (Å²) in [4.78, 5) is 19.3. The number of carbonyl (C=O) groups excluding carboxylic acids is 1. The summed E-state index contributed by atoms with van der Waals surface area (Å²) >= 11 is 0. The first-order valence-electron chi connectivity index (χ1n) is 8.45. The van der Waals surface area contributed by atoms with Crippen LogP contribution in [0.15, 0.2) is 18.6 Å². The molecule has 23 heavy (non-hydrogen) atoms. The Bertz CT molecular complexity index is 727. The second-order valence-corrected chi connectivity index (χ2v) is 6.77. The topological polar surface area (TPSA) is 56.0 Å². The molecule has 0 unspecified atom stereocenters. The molecule has 122 valence electrons. The summed E-state index contributed by atoms with van der Waals surface area (Å²) in [7, 11) is 1.94. The minimum absolute atomic E-state index is 0.141. The summed E-state index contributed by atoms with van der Waals surface area (Å²) in [5.41, 5.74) is 1.92. The quantitative estimate of drug-likeness (QED) is 0.873. The molecule has 0 bridgehead atoms. The molecule has 0 N–H and O–H groups in total. The van der Waals surface area contributed by atoms with E-state index in [1.807, 2.05) is 35.9 Å². The Morgan fingerprint density at radius 2 is 2.13 bits per heavy atom. The van der Waals surface area contributed by atoms with E-state index >= 15 is 0 Å². The van der Waals surface area contributed by atoms with Gasteiger partial charge in [0.15, 0.2) is 0 Å². The second-order valence-electron chi connectivity index (χ2n) is 6.77. The summed E-state index contributed by atoms with van der Waals surface area (Å²) in [5, 5.41) is 4.33. The maximum absolute atomic E-state index is 13.0. The number of piperidine rings is 1. The van der Waals surface area contributed by atoms with E-state index in [9.17, 15) is 4.79 Å². The van der Waals surface area contributed by atoms with Crippen LogP contribution in [0.4, 0.5) is 0 Å². The number of carbonyl (C=O) groups is 1. The number of rotatable bonds is 3. The van der Waals surface area contributed by atoms with Gasteiger partial charge in [0, 0.05) is 38.4 Å². The molecule has 2 aromatic heterocycles. The number of aryl methyl sites for hydroxylation is 2. The van der Waals surface area contributed by atoms with Crippen molar-refractivity contribution in [3.63, 3.8) is 0 Å². The second kappa shape index (κ2) is 5.51. The van der Waals surface area contributed by atoms with Crippen molar-refractivity contribution in [3.8, 4) is 0 Å². The van der Waals surface area contributed by atoms with Gasteiger partial charge in [0.2, 0.25) is 0 Å². The van der Waals surface area contributed by atoms with Crippen molar-refractivity contribution in [3.05, 3.63) is 35.7 Å². The molecule has 0 spiro atoms. The average Bonchev–Trinajstić information content (AvgIpc) is 3.19. The van der Waals surface area contributed by atoms with Gasteiger partial charge in [-0.15, -0.1) is 0 Å². The summed E-state index contributed by atoms with van der Waals surface area (Å²) in [6.45, 7) is 3.62. The minimum Gasteiger partial charge on any atom is -0.336 e. The Labute approximate surface area is 136 Å². The van der Waals surface area contributed by atoms with Gasteiger partial charge in [0.1, 0.15) is 5.82 Å². The zero-order valence-corrected chi connectivity index (χ0v) is 13.8. The number of nitrogens with zero attached hydrogens (tertiary/aromatic N) is 5. The molecule has 2 fully saturated rings. The van der Waals surface area contributed by atoms with Gasteiger partial charge in [-0.3, -0.25) is 9.48 Å². The molecule has 6 nitrogen and oxygen atoms in total. The van der Waals surface area contributed by atoms with Crippen LogP contribution < -0.4 is 0 Å². The number of aromatic nitrogens is 4. The minimum atomic E-state index is 0.141. The summed E-state index contributed by atoms with van der Waals surface area (Å²) < 4.78 is 4.08. The molecule has 6 heteroatoms. The maximum Gasteiger partial charge on any atom is 0.257 e. The predicted molar refractivity (Wildman–Crippen MR) is 86.3 cm³/mol. The zero-order valence-electron chi connectivity index (χ0n) is 13.8. The Morgan fingerprint density at radius 3 is 2.83 bits per heavy atom. The number of hydrogen-bond acceptors (Lipinski definition) is 3. The fraction of sp³-hybridized carbons (Fsp3) is 0.588. The van der Waals surface area contributed by atoms with Crippen molar-refractivity contribution in [2.24, 2.45) is 7.05 Å². The van der Waals surface area contributed by atoms with Crippen LogP contribution >= 0.6 is 0 Å². The molecule has 1 aliphatic carbocycles. The highest BCUT2D eigenvalue weighted by Crippen LogP contribution is 2.41. The summed E-state index contributed by atoms with van der Waals surface area (Å²) in [5.74, 6) is 1.68. The Kier molecular flexibility index (Phi) is 3.47. The van der Waals surface area contributed by atoms with Crippen molar-refractivity contribution in [1.29, 1.82) is 0 Å². The molecule has 2 aromatic rings. The van der Waals surface area contributed by atoms with Crippen LogP contribution in [-0.4, -0.2) is 43.2 Å². The molecule has 1 aliphatic heterocycles. The molecular weight excluding hydrogens is 290 g/mol. The third-order valence-electron chi connectivity index (χ3n) is 5.12. The van der Waals surface area contributed by atoms with Gasteiger partial charge in [-0.25, -0.2) is 4.98 Å². The van der Waals surface area contributed by atoms with Crippen LogP contribution in [0.3, 0.4) is 0 Å². The van der Waals surface area contributed by atoms with Gasteiger partial charge in [-0.05, 0) is 32.6 Å². The monoisotopic (exact) mass is 313 g/mol. The largest absolute Gasteiger partial charge is 0.336 e. The van der Waals surface area contributed by atoms with E-state index < -0.39 is 0 Å². The van der Waals surface area contributed by atoms with Crippen LogP contribution in [0.5, 0.6) is 0 Å². The molecule has 1 atom stereocenters. The number of hydrogen-bond donors (Lipinski definition) is 0. The standard InChI is InChI=1S/C17H23N5O/c1-12-18-7-9-22(12)14-4-3-8-21(11-14)17(23)15-10-19-20(2)16(15)13-5-6-13/h7,9-10,13-14H,3-6,8,11H2,1-2H3/t14-/m0/s1. The van der Waals surface area contributed by atoms with Crippen LogP contribution in [-0.2, 0) is 7.05 Å². The first-order chi connectivity index (χ1) is 11.1. The van der Waals surface area contributed by atoms with E-state index in [4.69, 9.17) is 0 Å². The van der Waals surface area contributed by atoms with E-state index in [1.165, 1.54) is 12.8 Å². The lowest BCUT2D eigenvalue weighted by molar-refractivity contribution is 0.0677. The van der Waals surface area contributed by atoms with Crippen molar-refractivity contribution in [2.45, 2.75) is 44.6 Å². The molecule has 2 aliphatic rings. The molecule has 3 heterocycles. The summed E-state index contributed by atoms with van der Waals surface area (Å²) in [6, 6.07) is 0.330. The Balaban J connectivity index is 1.56. The van der Waals surface area contributed by atoms with Crippen LogP contribution in [0.1, 0.15) is 59.5 Å². The highest BCUT2D eigenvalue weighted by molar-refractivity contribution is 5.95. The van der Waals surface area contributed by atoms with Gasteiger partial charge >= 0.3 is 0 Å². The predicted octanol–water partition coefficient (Wildman–Crippen LogP) is 2.28. The van der Waals surface area contributed by atoms with E-state index in [1.54, 1.807) is 6.20 Å². The Hall–Kier alpha value is -2.11. The van der Waals surface area contributed by atoms with Gasteiger partial charge < -0.3 is 9.47 Å².